The second-order valence-corrected chi connectivity index (χ2v) is 4.65. The van der Waals surface area contributed by atoms with Gasteiger partial charge in [0, 0.05) is 24.5 Å². The average molecular weight is 242 g/mol. The first kappa shape index (κ1) is 12.6. The lowest BCUT2D eigenvalue weighted by Gasteiger charge is -2.11. The SMILES string of the molecule is CC(=O)CCNc1cccc2c(C)c(C)cnc12. The summed E-state index contributed by atoms with van der Waals surface area (Å²) < 4.78 is 0. The van der Waals surface area contributed by atoms with Crippen molar-refractivity contribution >= 4 is 22.4 Å². The lowest BCUT2D eigenvalue weighted by atomic mass is 10.1. The van der Waals surface area contributed by atoms with Crippen molar-refractivity contribution in [2.45, 2.75) is 27.2 Å². The molecule has 0 aliphatic rings. The molecule has 0 aliphatic carbocycles. The Labute approximate surface area is 107 Å². The van der Waals surface area contributed by atoms with Gasteiger partial charge in [0.05, 0.1) is 11.2 Å². The number of nitrogens with zero attached hydrogens (tertiary/aromatic N) is 1. The fourth-order valence-electron chi connectivity index (χ4n) is 1.97. The van der Waals surface area contributed by atoms with Crippen LogP contribution in [0.5, 0.6) is 0 Å². The summed E-state index contributed by atoms with van der Waals surface area (Å²) in [6.07, 6.45) is 2.44. The van der Waals surface area contributed by atoms with Gasteiger partial charge in [-0.25, -0.2) is 0 Å². The van der Waals surface area contributed by atoms with Crippen LogP contribution in [-0.2, 0) is 4.79 Å². The van der Waals surface area contributed by atoms with Gasteiger partial charge in [0.2, 0.25) is 0 Å². The molecule has 1 aromatic heterocycles. The molecule has 0 atom stereocenters. The normalized spacial score (nSPS) is 10.6. The maximum atomic E-state index is 10.9. The van der Waals surface area contributed by atoms with Crippen molar-refractivity contribution in [1.29, 1.82) is 0 Å². The molecular weight excluding hydrogens is 224 g/mol. The van der Waals surface area contributed by atoms with E-state index in [1.165, 1.54) is 16.5 Å². The summed E-state index contributed by atoms with van der Waals surface area (Å²) in [5.74, 6) is 0.197. The number of para-hydroxylation sites is 1. The minimum atomic E-state index is 0.197. The summed E-state index contributed by atoms with van der Waals surface area (Å²) in [4.78, 5) is 15.4. The largest absolute Gasteiger partial charge is 0.383 e. The van der Waals surface area contributed by atoms with Gasteiger partial charge in [0.15, 0.2) is 0 Å². The van der Waals surface area contributed by atoms with Crippen molar-refractivity contribution < 1.29 is 4.79 Å². The van der Waals surface area contributed by atoms with E-state index in [1.807, 2.05) is 18.3 Å². The van der Waals surface area contributed by atoms with Crippen LogP contribution in [0.1, 0.15) is 24.5 Å². The summed E-state index contributed by atoms with van der Waals surface area (Å²) in [6, 6.07) is 6.11. The quantitative estimate of drug-likeness (QED) is 0.895. The zero-order valence-electron chi connectivity index (χ0n) is 11.1. The molecule has 1 heterocycles. The molecule has 0 radical (unpaired) electrons. The van der Waals surface area contributed by atoms with Gasteiger partial charge in [-0.1, -0.05) is 12.1 Å². The number of carbonyl (C=O) groups is 1. The zero-order chi connectivity index (χ0) is 13.1. The van der Waals surface area contributed by atoms with Crippen molar-refractivity contribution in [2.75, 3.05) is 11.9 Å². The van der Waals surface area contributed by atoms with E-state index in [9.17, 15) is 4.79 Å². The monoisotopic (exact) mass is 242 g/mol. The Hall–Kier alpha value is -1.90. The number of nitrogens with one attached hydrogen (secondary N) is 1. The van der Waals surface area contributed by atoms with Gasteiger partial charge in [-0.2, -0.15) is 0 Å². The molecule has 2 rings (SSSR count). The predicted octanol–water partition coefficient (Wildman–Crippen LogP) is 3.24. The second kappa shape index (κ2) is 5.17. The number of benzene rings is 1. The topological polar surface area (TPSA) is 42.0 Å². The molecule has 18 heavy (non-hydrogen) atoms. The first-order valence-corrected chi connectivity index (χ1v) is 6.18. The number of Topliss-reactive ketones (excluding diaryl/α,β-unsaturated/α-hetero) is 1. The van der Waals surface area contributed by atoms with Crippen molar-refractivity contribution in [3.63, 3.8) is 0 Å². The summed E-state index contributed by atoms with van der Waals surface area (Å²) in [7, 11) is 0. The van der Waals surface area contributed by atoms with E-state index in [2.05, 4.69) is 30.2 Å². The molecule has 0 bridgehead atoms. The van der Waals surface area contributed by atoms with Crippen LogP contribution in [0.15, 0.2) is 24.4 Å². The maximum Gasteiger partial charge on any atom is 0.131 e. The molecule has 2 aromatic rings. The third-order valence-electron chi connectivity index (χ3n) is 3.21. The van der Waals surface area contributed by atoms with E-state index in [1.54, 1.807) is 6.92 Å². The molecule has 0 amide bonds. The van der Waals surface area contributed by atoms with Crippen LogP contribution in [0.2, 0.25) is 0 Å². The van der Waals surface area contributed by atoms with Crippen molar-refractivity contribution in [2.24, 2.45) is 0 Å². The van der Waals surface area contributed by atoms with Crippen molar-refractivity contribution in [3.8, 4) is 0 Å². The van der Waals surface area contributed by atoms with E-state index < -0.39 is 0 Å². The summed E-state index contributed by atoms with van der Waals surface area (Å²) >= 11 is 0. The number of pyridine rings is 1. The Morgan fingerprint density at radius 2 is 2.11 bits per heavy atom. The Kier molecular flexibility index (Phi) is 3.60. The van der Waals surface area contributed by atoms with Crippen LogP contribution in [0.25, 0.3) is 10.9 Å². The van der Waals surface area contributed by atoms with E-state index >= 15 is 0 Å². The highest BCUT2D eigenvalue weighted by molar-refractivity contribution is 5.93. The first-order valence-electron chi connectivity index (χ1n) is 6.18. The highest BCUT2D eigenvalue weighted by Gasteiger charge is 2.05. The zero-order valence-corrected chi connectivity index (χ0v) is 11.1. The molecule has 0 saturated heterocycles. The lowest BCUT2D eigenvalue weighted by Crippen LogP contribution is -2.06. The Morgan fingerprint density at radius 1 is 1.33 bits per heavy atom. The standard InChI is InChI=1S/C15H18N2O/c1-10-9-17-15-13(12(10)3)5-4-6-14(15)16-8-7-11(2)18/h4-6,9,16H,7-8H2,1-3H3. The molecule has 3 heteroatoms. The summed E-state index contributed by atoms with van der Waals surface area (Å²) in [6.45, 7) is 6.44. The molecule has 0 saturated carbocycles. The number of ketones is 1. The smallest absolute Gasteiger partial charge is 0.131 e. The summed E-state index contributed by atoms with van der Waals surface area (Å²) in [5.41, 5.74) is 4.43. The Morgan fingerprint density at radius 3 is 2.83 bits per heavy atom. The van der Waals surface area contributed by atoms with E-state index in [0.717, 1.165) is 11.2 Å². The number of aryl methyl sites for hydroxylation is 2. The fourth-order valence-corrected chi connectivity index (χ4v) is 1.97. The minimum absolute atomic E-state index is 0.197. The van der Waals surface area contributed by atoms with Gasteiger partial charge in [-0.15, -0.1) is 0 Å². The number of hydrogen-bond acceptors (Lipinski definition) is 3. The minimum Gasteiger partial charge on any atom is -0.383 e. The number of carbonyl (C=O) groups excluding carboxylic acids is 1. The van der Waals surface area contributed by atoms with E-state index in [0.29, 0.717) is 13.0 Å². The lowest BCUT2D eigenvalue weighted by molar-refractivity contribution is -0.116. The van der Waals surface area contributed by atoms with Crippen LogP contribution in [0.3, 0.4) is 0 Å². The molecular formula is C15H18N2O. The first-order chi connectivity index (χ1) is 8.59. The molecule has 0 aliphatic heterocycles. The van der Waals surface area contributed by atoms with Gasteiger partial charge in [-0.05, 0) is 38.0 Å². The maximum absolute atomic E-state index is 10.9. The van der Waals surface area contributed by atoms with Gasteiger partial charge in [0.25, 0.3) is 0 Å². The van der Waals surface area contributed by atoms with Gasteiger partial charge >= 0.3 is 0 Å². The summed E-state index contributed by atoms with van der Waals surface area (Å²) in [5, 5.41) is 4.45. The number of rotatable bonds is 4. The number of hydrogen-bond donors (Lipinski definition) is 1. The Bertz CT molecular complexity index is 590. The molecule has 1 N–H and O–H groups in total. The number of fused-ring (bicyclic) bond motifs is 1. The van der Waals surface area contributed by atoms with E-state index in [4.69, 9.17) is 0 Å². The Balaban J connectivity index is 2.34. The second-order valence-electron chi connectivity index (χ2n) is 4.65. The molecule has 0 spiro atoms. The van der Waals surface area contributed by atoms with Crippen molar-refractivity contribution in [3.05, 3.63) is 35.5 Å². The van der Waals surface area contributed by atoms with Crippen LogP contribution in [0, 0.1) is 13.8 Å². The average Bonchev–Trinajstić information content (AvgIpc) is 2.34. The van der Waals surface area contributed by atoms with E-state index in [-0.39, 0.29) is 5.78 Å². The van der Waals surface area contributed by atoms with Crippen LogP contribution >= 0.6 is 0 Å². The van der Waals surface area contributed by atoms with Crippen LogP contribution in [-0.4, -0.2) is 17.3 Å². The molecule has 94 valence electrons. The number of anilines is 1. The van der Waals surface area contributed by atoms with Gasteiger partial charge < -0.3 is 5.32 Å². The molecule has 1 aromatic carbocycles. The molecule has 0 fully saturated rings. The molecule has 0 unspecified atom stereocenters. The van der Waals surface area contributed by atoms with Gasteiger partial charge in [-0.3, -0.25) is 9.78 Å². The predicted molar refractivity (Wildman–Crippen MR) is 75.0 cm³/mol. The van der Waals surface area contributed by atoms with Crippen LogP contribution < -0.4 is 5.32 Å². The highest BCUT2D eigenvalue weighted by Crippen LogP contribution is 2.25. The third-order valence-corrected chi connectivity index (χ3v) is 3.21. The van der Waals surface area contributed by atoms with Gasteiger partial charge in [0.1, 0.15) is 5.78 Å². The third kappa shape index (κ3) is 2.50. The van der Waals surface area contributed by atoms with Crippen molar-refractivity contribution in [1.82, 2.24) is 4.98 Å². The highest BCUT2D eigenvalue weighted by atomic mass is 16.1. The fraction of sp³-hybridized carbons (Fsp3) is 0.333. The number of aromatic nitrogens is 1. The molecule has 3 nitrogen and oxygen atoms in total. The van der Waals surface area contributed by atoms with Crippen LogP contribution in [0.4, 0.5) is 5.69 Å².